The average molecular weight is 364 g/mol. The van der Waals surface area contributed by atoms with Gasteiger partial charge in [0, 0.05) is 21.3 Å². The van der Waals surface area contributed by atoms with Gasteiger partial charge in [0.1, 0.15) is 11.4 Å². The molecular formula is C18H15Cl2NO3. The van der Waals surface area contributed by atoms with E-state index in [4.69, 9.17) is 27.9 Å². The predicted molar refractivity (Wildman–Crippen MR) is 94.5 cm³/mol. The second-order valence-electron chi connectivity index (χ2n) is 6.28. The molecule has 0 aromatic heterocycles. The topological polar surface area (TPSA) is 55.4 Å². The molecule has 6 heteroatoms. The van der Waals surface area contributed by atoms with Crippen molar-refractivity contribution in [2.75, 3.05) is 5.32 Å². The van der Waals surface area contributed by atoms with Crippen LogP contribution in [0.5, 0.6) is 5.75 Å². The number of fused-ring (bicyclic) bond motifs is 1. The summed E-state index contributed by atoms with van der Waals surface area (Å²) in [5, 5.41) is 3.50. The Morgan fingerprint density at radius 3 is 2.46 bits per heavy atom. The molecule has 1 heterocycles. The van der Waals surface area contributed by atoms with Crippen LogP contribution in [-0.4, -0.2) is 17.3 Å². The zero-order valence-electron chi connectivity index (χ0n) is 13.2. The van der Waals surface area contributed by atoms with E-state index in [0.717, 1.165) is 0 Å². The number of ether oxygens (including phenoxy) is 1. The zero-order chi connectivity index (χ0) is 17.5. The van der Waals surface area contributed by atoms with Crippen LogP contribution < -0.4 is 10.1 Å². The molecule has 124 valence electrons. The number of rotatable bonds is 2. The monoisotopic (exact) mass is 363 g/mol. The van der Waals surface area contributed by atoms with Gasteiger partial charge in [0.25, 0.3) is 5.91 Å². The lowest BCUT2D eigenvalue weighted by Gasteiger charge is -2.31. The molecular weight excluding hydrogens is 349 g/mol. The number of anilines is 1. The molecule has 0 fully saturated rings. The molecule has 1 aliphatic heterocycles. The lowest BCUT2D eigenvalue weighted by molar-refractivity contribution is 0.0620. The number of benzene rings is 2. The van der Waals surface area contributed by atoms with E-state index >= 15 is 0 Å². The van der Waals surface area contributed by atoms with Crippen LogP contribution in [0, 0.1) is 0 Å². The number of carbonyl (C=O) groups excluding carboxylic acids is 2. The summed E-state index contributed by atoms with van der Waals surface area (Å²) in [6.45, 7) is 3.73. The van der Waals surface area contributed by atoms with Gasteiger partial charge < -0.3 is 10.1 Å². The van der Waals surface area contributed by atoms with E-state index in [9.17, 15) is 9.59 Å². The smallest absolute Gasteiger partial charge is 0.255 e. The van der Waals surface area contributed by atoms with E-state index in [-0.39, 0.29) is 11.7 Å². The van der Waals surface area contributed by atoms with Crippen molar-refractivity contribution in [3.05, 3.63) is 57.6 Å². The van der Waals surface area contributed by atoms with Crippen molar-refractivity contribution in [1.82, 2.24) is 0 Å². The molecule has 2 aromatic rings. The van der Waals surface area contributed by atoms with Crippen molar-refractivity contribution < 1.29 is 14.3 Å². The van der Waals surface area contributed by atoms with Crippen molar-refractivity contribution in [1.29, 1.82) is 0 Å². The second-order valence-corrected chi connectivity index (χ2v) is 7.16. The molecule has 0 aliphatic carbocycles. The van der Waals surface area contributed by atoms with Gasteiger partial charge in [-0.25, -0.2) is 0 Å². The first-order chi connectivity index (χ1) is 11.2. The SMILES string of the molecule is CC1(C)CC(=O)c2cc(NC(=O)c3cc(Cl)cc(Cl)c3)ccc2O1. The average Bonchev–Trinajstić information content (AvgIpc) is 2.46. The van der Waals surface area contributed by atoms with E-state index < -0.39 is 5.60 Å². The second kappa shape index (κ2) is 6.11. The van der Waals surface area contributed by atoms with Crippen molar-refractivity contribution in [3.63, 3.8) is 0 Å². The summed E-state index contributed by atoms with van der Waals surface area (Å²) in [5.41, 5.74) is 0.795. The van der Waals surface area contributed by atoms with Crippen LogP contribution in [0.3, 0.4) is 0 Å². The molecule has 0 saturated carbocycles. The molecule has 0 spiro atoms. The minimum absolute atomic E-state index is 0.0110. The van der Waals surface area contributed by atoms with Gasteiger partial charge in [-0.1, -0.05) is 23.2 Å². The fraction of sp³-hybridized carbons (Fsp3) is 0.222. The first kappa shape index (κ1) is 16.8. The van der Waals surface area contributed by atoms with Crippen LogP contribution in [-0.2, 0) is 0 Å². The van der Waals surface area contributed by atoms with Gasteiger partial charge in [0.2, 0.25) is 0 Å². The Morgan fingerprint density at radius 1 is 1.12 bits per heavy atom. The van der Waals surface area contributed by atoms with E-state index in [0.29, 0.717) is 39.0 Å². The maximum absolute atomic E-state index is 12.3. The molecule has 1 aliphatic rings. The highest BCUT2D eigenvalue weighted by Gasteiger charge is 2.32. The normalized spacial score (nSPS) is 15.4. The third-order valence-corrected chi connectivity index (χ3v) is 4.07. The highest BCUT2D eigenvalue weighted by molar-refractivity contribution is 6.35. The van der Waals surface area contributed by atoms with Crippen molar-refractivity contribution in [2.45, 2.75) is 25.9 Å². The van der Waals surface area contributed by atoms with Crippen molar-refractivity contribution in [3.8, 4) is 5.75 Å². The molecule has 0 bridgehead atoms. The van der Waals surface area contributed by atoms with Gasteiger partial charge in [-0.2, -0.15) is 0 Å². The number of hydrogen-bond donors (Lipinski definition) is 1. The predicted octanol–water partition coefficient (Wildman–Crippen LogP) is 4.99. The third-order valence-electron chi connectivity index (χ3n) is 3.64. The summed E-state index contributed by atoms with van der Waals surface area (Å²) in [6, 6.07) is 9.61. The Kier molecular flexibility index (Phi) is 4.28. The third kappa shape index (κ3) is 3.55. The minimum atomic E-state index is -0.521. The molecule has 0 saturated heterocycles. The number of hydrogen-bond acceptors (Lipinski definition) is 3. The van der Waals surface area contributed by atoms with E-state index in [1.165, 1.54) is 12.1 Å². The molecule has 1 N–H and O–H groups in total. The summed E-state index contributed by atoms with van der Waals surface area (Å²) in [4.78, 5) is 24.6. The summed E-state index contributed by atoms with van der Waals surface area (Å²) in [5.74, 6) is 0.159. The van der Waals surface area contributed by atoms with Gasteiger partial charge in [-0.05, 0) is 50.2 Å². The minimum Gasteiger partial charge on any atom is -0.487 e. The lowest BCUT2D eigenvalue weighted by Crippen LogP contribution is -2.35. The molecule has 4 nitrogen and oxygen atoms in total. The van der Waals surface area contributed by atoms with Crippen LogP contribution in [0.25, 0.3) is 0 Å². The largest absolute Gasteiger partial charge is 0.487 e. The molecule has 1 amide bonds. The molecule has 3 rings (SSSR count). The van der Waals surface area contributed by atoms with Gasteiger partial charge in [0.15, 0.2) is 5.78 Å². The van der Waals surface area contributed by atoms with Gasteiger partial charge in [0.05, 0.1) is 12.0 Å². The number of carbonyl (C=O) groups is 2. The Morgan fingerprint density at radius 2 is 1.79 bits per heavy atom. The number of nitrogens with one attached hydrogen (secondary N) is 1. The van der Waals surface area contributed by atoms with Gasteiger partial charge in [-0.3, -0.25) is 9.59 Å². The molecule has 0 unspecified atom stereocenters. The van der Waals surface area contributed by atoms with Crippen LogP contribution in [0.2, 0.25) is 10.0 Å². The van der Waals surface area contributed by atoms with E-state index in [2.05, 4.69) is 5.32 Å². The fourth-order valence-electron chi connectivity index (χ4n) is 2.62. The zero-order valence-corrected chi connectivity index (χ0v) is 14.7. The quantitative estimate of drug-likeness (QED) is 0.817. The standard InChI is InChI=1S/C18H15Cl2NO3/c1-18(2)9-15(22)14-8-13(3-4-16(14)24-18)21-17(23)10-5-11(19)7-12(20)6-10/h3-8H,9H2,1-2H3,(H,21,23). The highest BCUT2D eigenvalue weighted by Crippen LogP contribution is 2.34. The Bertz CT molecular complexity index is 826. The van der Waals surface area contributed by atoms with Crippen LogP contribution in [0.15, 0.2) is 36.4 Å². The molecule has 0 radical (unpaired) electrons. The summed E-state index contributed by atoms with van der Waals surface area (Å²) in [6.07, 6.45) is 0.293. The van der Waals surface area contributed by atoms with Crippen LogP contribution in [0.1, 0.15) is 41.0 Å². The first-order valence-electron chi connectivity index (χ1n) is 7.37. The summed E-state index contributed by atoms with van der Waals surface area (Å²) in [7, 11) is 0. The Hall–Kier alpha value is -2.04. The maximum atomic E-state index is 12.3. The van der Waals surface area contributed by atoms with Crippen molar-refractivity contribution in [2.24, 2.45) is 0 Å². The Labute approximate surface area is 149 Å². The van der Waals surface area contributed by atoms with Crippen molar-refractivity contribution >= 4 is 40.6 Å². The maximum Gasteiger partial charge on any atom is 0.255 e. The summed E-state index contributed by atoms with van der Waals surface area (Å²) < 4.78 is 5.80. The number of halogens is 2. The highest BCUT2D eigenvalue weighted by atomic mass is 35.5. The lowest BCUT2D eigenvalue weighted by atomic mass is 9.93. The molecule has 24 heavy (non-hydrogen) atoms. The number of ketones is 1. The van der Waals surface area contributed by atoms with Crippen LogP contribution >= 0.6 is 23.2 Å². The first-order valence-corrected chi connectivity index (χ1v) is 8.13. The molecule has 2 aromatic carbocycles. The van der Waals surface area contributed by atoms with Gasteiger partial charge in [-0.15, -0.1) is 0 Å². The Balaban J connectivity index is 1.85. The number of amides is 1. The number of Topliss-reactive ketones (excluding diaryl/α,β-unsaturated/α-hetero) is 1. The van der Waals surface area contributed by atoms with Gasteiger partial charge >= 0.3 is 0 Å². The fourth-order valence-corrected chi connectivity index (χ4v) is 3.14. The summed E-state index contributed by atoms with van der Waals surface area (Å²) >= 11 is 11.8. The molecule has 0 atom stereocenters. The van der Waals surface area contributed by atoms with E-state index in [1.807, 2.05) is 13.8 Å². The van der Waals surface area contributed by atoms with Crippen LogP contribution in [0.4, 0.5) is 5.69 Å². The van der Waals surface area contributed by atoms with E-state index in [1.54, 1.807) is 24.3 Å².